The summed E-state index contributed by atoms with van der Waals surface area (Å²) in [6.07, 6.45) is 0. The molecule has 0 aromatic carbocycles. The van der Waals surface area contributed by atoms with Gasteiger partial charge in [0, 0.05) is 0 Å². The van der Waals surface area contributed by atoms with Crippen molar-refractivity contribution in [2.24, 2.45) is 0 Å². The van der Waals surface area contributed by atoms with E-state index in [-0.39, 0.29) is 0 Å². The molecule has 0 unspecified atom stereocenters. The van der Waals surface area contributed by atoms with E-state index < -0.39 is 0 Å². The second-order valence-corrected chi connectivity index (χ2v) is 8.94. The Balaban J connectivity index is 2.99. The highest BCUT2D eigenvalue weighted by molar-refractivity contribution is 14.2. The zero-order valence-electron chi connectivity index (χ0n) is 2.67. The standard InChI is InChI=1S/C2H2Br2I2/c3-1(4)2(5)6/h1-2H. The topological polar surface area (TPSA) is 0 Å². The van der Waals surface area contributed by atoms with Crippen molar-refractivity contribution in [2.75, 3.05) is 0 Å². The predicted molar refractivity (Wildman–Crippen MR) is 53.5 cm³/mol. The lowest BCUT2D eigenvalue weighted by Gasteiger charge is -1.97. The van der Waals surface area contributed by atoms with Crippen LogP contribution < -0.4 is 0 Å². The van der Waals surface area contributed by atoms with Gasteiger partial charge in [0.05, 0.1) is 5.67 Å². The minimum Gasteiger partial charge on any atom is -0.0745 e. The monoisotopic (exact) mass is 438 g/mol. The third kappa shape index (κ3) is 4.58. The van der Waals surface area contributed by atoms with Crippen LogP contribution in [0.3, 0.4) is 0 Å². The molecule has 0 saturated heterocycles. The van der Waals surface area contributed by atoms with Crippen molar-refractivity contribution in [1.29, 1.82) is 0 Å². The minimum atomic E-state index is 0.450. The van der Waals surface area contributed by atoms with E-state index in [1.807, 2.05) is 0 Å². The van der Waals surface area contributed by atoms with Crippen LogP contribution in [-0.2, 0) is 0 Å². The summed E-state index contributed by atoms with van der Waals surface area (Å²) in [6, 6.07) is 0. The number of hydrogen-bond acceptors (Lipinski definition) is 0. The predicted octanol–water partition coefficient (Wildman–Crippen LogP) is 3.30. The van der Waals surface area contributed by atoms with Crippen molar-refractivity contribution in [2.45, 2.75) is 5.67 Å². The fourth-order valence-corrected chi connectivity index (χ4v) is 0. The Labute approximate surface area is 81.4 Å². The van der Waals surface area contributed by atoms with Crippen molar-refractivity contribution < 1.29 is 0 Å². The number of alkyl halides is 4. The van der Waals surface area contributed by atoms with Crippen molar-refractivity contribution in [3.8, 4) is 0 Å². The number of hydrogen-bond donors (Lipinski definition) is 0. The zero-order valence-corrected chi connectivity index (χ0v) is 10.2. The summed E-state index contributed by atoms with van der Waals surface area (Å²) < 4.78 is 1.08. The number of rotatable bonds is 1. The molecule has 0 aliphatic rings. The van der Waals surface area contributed by atoms with E-state index in [4.69, 9.17) is 0 Å². The largest absolute Gasteiger partial charge is 0.0905 e. The molecule has 0 aromatic heterocycles. The van der Waals surface area contributed by atoms with E-state index in [0.29, 0.717) is 5.67 Å². The highest BCUT2D eigenvalue weighted by Crippen LogP contribution is 2.25. The summed E-state index contributed by atoms with van der Waals surface area (Å²) in [6.45, 7) is 0. The molecule has 0 fully saturated rings. The highest BCUT2D eigenvalue weighted by Gasteiger charge is 2.04. The molecule has 0 rings (SSSR count). The summed E-state index contributed by atoms with van der Waals surface area (Å²) >= 11 is 11.3. The fraction of sp³-hybridized carbons (Fsp3) is 1.00. The molecule has 38 valence electrons. The first-order chi connectivity index (χ1) is 2.64. The van der Waals surface area contributed by atoms with Gasteiger partial charge in [0.15, 0.2) is 0 Å². The normalized spacial score (nSPS) is 11.0. The maximum Gasteiger partial charge on any atom is 0.0905 e. The van der Waals surface area contributed by atoms with Gasteiger partial charge in [-0.15, -0.1) is 0 Å². The molecule has 0 aliphatic heterocycles. The first-order valence-corrected chi connectivity index (χ1v) is 5.53. The van der Waals surface area contributed by atoms with Gasteiger partial charge in [0.1, 0.15) is 0 Å². The molecular weight excluding hydrogens is 438 g/mol. The van der Waals surface area contributed by atoms with E-state index in [1.54, 1.807) is 0 Å². The van der Waals surface area contributed by atoms with Crippen molar-refractivity contribution in [3.05, 3.63) is 0 Å². The van der Waals surface area contributed by atoms with Gasteiger partial charge in [-0.1, -0.05) is 77.0 Å². The smallest absolute Gasteiger partial charge is 0.0745 e. The molecule has 0 N–H and O–H groups in total. The summed E-state index contributed by atoms with van der Waals surface area (Å²) in [5.74, 6) is 0. The minimum absolute atomic E-state index is 0.450. The second kappa shape index (κ2) is 4.31. The molecule has 0 aromatic rings. The lowest BCUT2D eigenvalue weighted by atomic mass is 11.0. The molecule has 0 spiro atoms. The zero-order chi connectivity index (χ0) is 5.15. The van der Waals surface area contributed by atoms with Crippen LogP contribution in [0.15, 0.2) is 0 Å². The van der Waals surface area contributed by atoms with Crippen LogP contribution in [0.4, 0.5) is 0 Å². The molecule has 0 saturated carbocycles. The SMILES string of the molecule is BrC(Br)C(I)I. The van der Waals surface area contributed by atoms with Crippen LogP contribution in [0.1, 0.15) is 0 Å². The van der Waals surface area contributed by atoms with Crippen LogP contribution in [0.25, 0.3) is 0 Å². The lowest BCUT2D eigenvalue weighted by Crippen LogP contribution is -1.92. The Morgan fingerprint density at radius 1 is 1.17 bits per heavy atom. The Kier molecular flexibility index (Phi) is 6.05. The summed E-state index contributed by atoms with van der Waals surface area (Å²) in [5, 5.41) is 0. The highest BCUT2D eigenvalue weighted by atomic mass is 127. The Hall–Kier alpha value is 2.42. The van der Waals surface area contributed by atoms with Gasteiger partial charge in [0.2, 0.25) is 0 Å². The van der Waals surface area contributed by atoms with Crippen LogP contribution >= 0.6 is 77.0 Å². The molecule has 4 heteroatoms. The molecule has 6 heavy (non-hydrogen) atoms. The maximum absolute atomic E-state index is 3.34. The molecule has 0 amide bonds. The van der Waals surface area contributed by atoms with E-state index in [1.165, 1.54) is 0 Å². The Morgan fingerprint density at radius 3 is 1.33 bits per heavy atom. The maximum atomic E-state index is 3.34. The Morgan fingerprint density at radius 2 is 1.33 bits per heavy atom. The van der Waals surface area contributed by atoms with E-state index in [9.17, 15) is 0 Å². The van der Waals surface area contributed by atoms with Crippen LogP contribution in [0.2, 0.25) is 0 Å². The van der Waals surface area contributed by atoms with Crippen LogP contribution in [0, 0.1) is 0 Å². The lowest BCUT2D eigenvalue weighted by molar-refractivity contribution is 1.52. The second-order valence-electron chi connectivity index (χ2n) is 0.669. The van der Waals surface area contributed by atoms with E-state index >= 15 is 0 Å². The first-order valence-electron chi connectivity index (χ1n) is 1.21. The van der Waals surface area contributed by atoms with Gasteiger partial charge in [-0.25, -0.2) is 0 Å². The molecule has 0 aliphatic carbocycles. The van der Waals surface area contributed by atoms with Gasteiger partial charge >= 0.3 is 0 Å². The summed E-state index contributed by atoms with van der Waals surface area (Å²) in [7, 11) is 0. The van der Waals surface area contributed by atoms with E-state index in [0.717, 1.165) is 0 Å². The van der Waals surface area contributed by atoms with Gasteiger partial charge in [0.25, 0.3) is 0 Å². The number of halogens is 4. The van der Waals surface area contributed by atoms with Crippen molar-refractivity contribution in [1.82, 2.24) is 0 Å². The third-order valence-corrected chi connectivity index (χ3v) is 6.64. The summed E-state index contributed by atoms with van der Waals surface area (Å²) in [4.78, 5) is 0. The third-order valence-electron chi connectivity index (χ3n) is 0.190. The van der Waals surface area contributed by atoms with Crippen molar-refractivity contribution >= 4 is 77.0 Å². The average molecular weight is 440 g/mol. The van der Waals surface area contributed by atoms with Crippen molar-refractivity contribution in [3.63, 3.8) is 0 Å². The Bertz CT molecular complexity index is 30.5. The average Bonchev–Trinajstić information content (AvgIpc) is 1.36. The van der Waals surface area contributed by atoms with Gasteiger partial charge in [-0.3, -0.25) is 0 Å². The molecule has 0 atom stereocenters. The molecule has 0 nitrogen and oxygen atoms in total. The van der Waals surface area contributed by atoms with Gasteiger partial charge < -0.3 is 0 Å². The van der Waals surface area contributed by atoms with Crippen LogP contribution in [-0.4, -0.2) is 5.67 Å². The summed E-state index contributed by atoms with van der Waals surface area (Å²) in [5.41, 5.74) is 0. The fourth-order valence-electron chi connectivity index (χ4n) is 0. The van der Waals surface area contributed by atoms with Gasteiger partial charge in [-0.2, -0.15) is 0 Å². The van der Waals surface area contributed by atoms with Crippen LogP contribution in [0.5, 0.6) is 0 Å². The molecule has 0 bridgehead atoms. The quantitative estimate of drug-likeness (QED) is 0.434. The van der Waals surface area contributed by atoms with Gasteiger partial charge in [-0.05, 0) is 0 Å². The molecule has 0 radical (unpaired) electrons. The first kappa shape index (κ1) is 8.42. The molecule has 0 heterocycles. The molecular formula is C2H2Br2I2. The van der Waals surface area contributed by atoms with E-state index in [2.05, 4.69) is 77.0 Å².